The fraction of sp³-hybridized carbons (Fsp3) is 0.500. The Kier molecular flexibility index (Phi) is 6.38. The summed E-state index contributed by atoms with van der Waals surface area (Å²) in [5, 5.41) is -0.328. The molecule has 21 heavy (non-hydrogen) atoms. The average Bonchev–Trinajstić information content (AvgIpc) is 2.42. The van der Waals surface area contributed by atoms with Crippen LogP contribution in [0.5, 0.6) is 0 Å². The standard InChI is InChI=1S/C14H17ClF2N2O.ClH/c1-8(18)9-3-2-4-19(7-9)14(20)10-5-13(17)11(15)6-12(10)16;/h5-6,8-9H,2-4,7,18H2,1H3;1H. The number of likely N-dealkylation sites (tertiary alicyclic amines) is 1. The van der Waals surface area contributed by atoms with Crippen LogP contribution in [0.3, 0.4) is 0 Å². The highest BCUT2D eigenvalue weighted by atomic mass is 35.5. The molecule has 1 amide bonds. The van der Waals surface area contributed by atoms with Crippen molar-refractivity contribution in [2.75, 3.05) is 13.1 Å². The molecular weight excluding hydrogens is 321 g/mol. The molecule has 0 aromatic heterocycles. The number of rotatable bonds is 2. The summed E-state index contributed by atoms with van der Waals surface area (Å²) in [6.45, 7) is 2.90. The predicted molar refractivity (Wildman–Crippen MR) is 80.9 cm³/mol. The van der Waals surface area contributed by atoms with Crippen molar-refractivity contribution in [3.63, 3.8) is 0 Å². The highest BCUT2D eigenvalue weighted by Crippen LogP contribution is 2.24. The lowest BCUT2D eigenvalue weighted by molar-refractivity contribution is 0.0655. The minimum atomic E-state index is -0.802. The minimum absolute atomic E-state index is 0. The van der Waals surface area contributed by atoms with Crippen molar-refractivity contribution < 1.29 is 13.6 Å². The Morgan fingerprint density at radius 2 is 2.10 bits per heavy atom. The second kappa shape index (κ2) is 7.38. The lowest BCUT2D eigenvalue weighted by Gasteiger charge is -2.34. The van der Waals surface area contributed by atoms with Gasteiger partial charge in [0, 0.05) is 19.1 Å². The van der Waals surface area contributed by atoms with Gasteiger partial charge in [0.2, 0.25) is 0 Å². The average molecular weight is 339 g/mol. The molecule has 1 aliphatic rings. The first-order valence-electron chi connectivity index (χ1n) is 6.59. The van der Waals surface area contributed by atoms with Crippen LogP contribution in [-0.4, -0.2) is 29.9 Å². The molecule has 0 radical (unpaired) electrons. The number of benzene rings is 1. The van der Waals surface area contributed by atoms with E-state index in [2.05, 4.69) is 0 Å². The van der Waals surface area contributed by atoms with E-state index in [1.807, 2.05) is 6.92 Å². The second-order valence-corrected chi connectivity index (χ2v) is 5.67. The normalized spacial score (nSPS) is 19.9. The van der Waals surface area contributed by atoms with Crippen molar-refractivity contribution >= 4 is 29.9 Å². The summed E-state index contributed by atoms with van der Waals surface area (Å²) in [4.78, 5) is 13.8. The van der Waals surface area contributed by atoms with Crippen LogP contribution in [0.2, 0.25) is 5.02 Å². The van der Waals surface area contributed by atoms with E-state index in [0.717, 1.165) is 25.0 Å². The quantitative estimate of drug-likeness (QED) is 0.841. The Bertz CT molecular complexity index is 526. The highest BCUT2D eigenvalue weighted by molar-refractivity contribution is 6.30. The van der Waals surface area contributed by atoms with E-state index in [-0.39, 0.29) is 35.0 Å². The van der Waals surface area contributed by atoms with Gasteiger partial charge in [-0.25, -0.2) is 8.78 Å². The van der Waals surface area contributed by atoms with Gasteiger partial charge in [-0.2, -0.15) is 0 Å². The fourth-order valence-electron chi connectivity index (χ4n) is 2.48. The molecule has 1 aromatic carbocycles. The first-order valence-corrected chi connectivity index (χ1v) is 6.97. The maximum absolute atomic E-state index is 13.8. The Hall–Kier alpha value is -0.910. The third-order valence-corrected chi connectivity index (χ3v) is 4.02. The Balaban J connectivity index is 0.00000220. The molecule has 1 fully saturated rings. The van der Waals surface area contributed by atoms with Gasteiger partial charge in [-0.1, -0.05) is 11.6 Å². The largest absolute Gasteiger partial charge is 0.338 e. The summed E-state index contributed by atoms with van der Waals surface area (Å²) in [7, 11) is 0. The summed E-state index contributed by atoms with van der Waals surface area (Å²) < 4.78 is 27.2. The molecule has 2 rings (SSSR count). The van der Waals surface area contributed by atoms with Gasteiger partial charge in [0.15, 0.2) is 0 Å². The number of halogens is 4. The van der Waals surface area contributed by atoms with Gasteiger partial charge in [-0.05, 0) is 37.8 Å². The SMILES string of the molecule is CC(N)C1CCCN(C(=O)c2cc(F)c(Cl)cc2F)C1.Cl. The van der Waals surface area contributed by atoms with Crippen LogP contribution in [0.4, 0.5) is 8.78 Å². The summed E-state index contributed by atoms with van der Waals surface area (Å²) in [6.07, 6.45) is 1.76. The van der Waals surface area contributed by atoms with Gasteiger partial charge in [0.05, 0.1) is 10.6 Å². The molecule has 1 aliphatic heterocycles. The van der Waals surface area contributed by atoms with Gasteiger partial charge in [0.25, 0.3) is 5.91 Å². The van der Waals surface area contributed by atoms with E-state index in [1.165, 1.54) is 4.90 Å². The molecule has 0 spiro atoms. The lowest BCUT2D eigenvalue weighted by Crippen LogP contribution is -2.45. The van der Waals surface area contributed by atoms with E-state index in [4.69, 9.17) is 17.3 Å². The van der Waals surface area contributed by atoms with Crippen LogP contribution in [0.25, 0.3) is 0 Å². The molecule has 2 unspecified atom stereocenters. The third-order valence-electron chi connectivity index (χ3n) is 3.73. The van der Waals surface area contributed by atoms with Crippen LogP contribution in [0.15, 0.2) is 12.1 Å². The predicted octanol–water partition coefficient (Wildman–Crippen LogP) is 3.24. The van der Waals surface area contributed by atoms with Gasteiger partial charge in [-0.3, -0.25) is 4.79 Å². The number of piperidine rings is 1. The zero-order valence-corrected chi connectivity index (χ0v) is 13.2. The minimum Gasteiger partial charge on any atom is -0.338 e. The van der Waals surface area contributed by atoms with Gasteiger partial charge in [0.1, 0.15) is 11.6 Å². The highest BCUT2D eigenvalue weighted by Gasteiger charge is 2.28. The van der Waals surface area contributed by atoms with E-state index < -0.39 is 17.5 Å². The Morgan fingerprint density at radius 1 is 1.43 bits per heavy atom. The molecule has 1 heterocycles. The maximum atomic E-state index is 13.8. The van der Waals surface area contributed by atoms with Crippen LogP contribution in [-0.2, 0) is 0 Å². The number of carbonyl (C=O) groups excluding carboxylic acids is 1. The number of hydrogen-bond acceptors (Lipinski definition) is 2. The van der Waals surface area contributed by atoms with Gasteiger partial charge >= 0.3 is 0 Å². The van der Waals surface area contributed by atoms with Crippen molar-refractivity contribution in [3.8, 4) is 0 Å². The molecular formula is C14H18Cl2F2N2O. The number of nitrogens with two attached hydrogens (primary N) is 1. The Morgan fingerprint density at radius 3 is 2.71 bits per heavy atom. The molecule has 3 nitrogen and oxygen atoms in total. The van der Waals surface area contributed by atoms with Crippen LogP contribution < -0.4 is 5.73 Å². The molecule has 2 atom stereocenters. The number of amides is 1. The smallest absolute Gasteiger partial charge is 0.256 e. The topological polar surface area (TPSA) is 46.3 Å². The zero-order valence-electron chi connectivity index (χ0n) is 11.6. The molecule has 7 heteroatoms. The Labute approximate surface area is 133 Å². The summed E-state index contributed by atoms with van der Waals surface area (Å²) >= 11 is 5.48. The number of nitrogens with zero attached hydrogens (tertiary/aromatic N) is 1. The van der Waals surface area contributed by atoms with Crippen molar-refractivity contribution in [2.45, 2.75) is 25.8 Å². The molecule has 118 valence electrons. The summed E-state index contributed by atoms with van der Waals surface area (Å²) in [6, 6.07) is 1.66. The maximum Gasteiger partial charge on any atom is 0.256 e. The molecule has 2 N–H and O–H groups in total. The molecule has 0 bridgehead atoms. The van der Waals surface area contributed by atoms with Gasteiger partial charge < -0.3 is 10.6 Å². The van der Waals surface area contributed by atoms with Gasteiger partial charge in [-0.15, -0.1) is 12.4 Å². The molecule has 0 saturated carbocycles. The van der Waals surface area contributed by atoms with Crippen molar-refractivity contribution in [2.24, 2.45) is 11.7 Å². The first kappa shape index (κ1) is 18.1. The molecule has 1 aromatic rings. The van der Waals surface area contributed by atoms with E-state index in [9.17, 15) is 13.6 Å². The number of carbonyl (C=O) groups is 1. The zero-order chi connectivity index (χ0) is 14.9. The second-order valence-electron chi connectivity index (χ2n) is 5.26. The van der Waals surface area contributed by atoms with Crippen molar-refractivity contribution in [1.82, 2.24) is 4.90 Å². The third kappa shape index (κ3) is 4.05. The number of hydrogen-bond donors (Lipinski definition) is 1. The summed E-state index contributed by atoms with van der Waals surface area (Å²) in [5.74, 6) is -1.92. The molecule has 1 saturated heterocycles. The fourth-order valence-corrected chi connectivity index (χ4v) is 2.63. The van der Waals surface area contributed by atoms with E-state index in [1.54, 1.807) is 0 Å². The lowest BCUT2D eigenvalue weighted by atomic mass is 9.92. The van der Waals surface area contributed by atoms with Crippen molar-refractivity contribution in [3.05, 3.63) is 34.4 Å². The van der Waals surface area contributed by atoms with Crippen LogP contribution >= 0.6 is 24.0 Å². The summed E-state index contributed by atoms with van der Waals surface area (Å²) in [5.41, 5.74) is 5.57. The monoisotopic (exact) mass is 338 g/mol. The van der Waals surface area contributed by atoms with Crippen molar-refractivity contribution in [1.29, 1.82) is 0 Å². The van der Waals surface area contributed by atoms with Crippen LogP contribution in [0, 0.1) is 17.6 Å². The first-order chi connectivity index (χ1) is 9.40. The van der Waals surface area contributed by atoms with Crippen LogP contribution in [0.1, 0.15) is 30.1 Å². The van der Waals surface area contributed by atoms with E-state index in [0.29, 0.717) is 13.1 Å². The van der Waals surface area contributed by atoms with E-state index >= 15 is 0 Å². The molecule has 0 aliphatic carbocycles.